The fraction of sp³-hybridized carbons (Fsp3) is 0. The first-order valence-electron chi connectivity index (χ1n) is 8.37. The van der Waals surface area contributed by atoms with E-state index >= 15 is 0 Å². The average Bonchev–Trinajstić information content (AvgIpc) is 2.74. The highest BCUT2D eigenvalue weighted by molar-refractivity contribution is 9.11. The van der Waals surface area contributed by atoms with Crippen LogP contribution in [0.3, 0.4) is 0 Å². The Bertz CT molecular complexity index is 1260. The Balaban J connectivity index is 2.23. The molecule has 0 unspecified atom stereocenters. The summed E-state index contributed by atoms with van der Waals surface area (Å²) >= 11 is 14.6. The molecule has 0 bridgehead atoms. The maximum atomic E-state index is 5.64. The fourth-order valence-corrected chi connectivity index (χ4v) is 5.22. The van der Waals surface area contributed by atoms with E-state index in [4.69, 9.17) is 25.7 Å². The number of hydrogen-bond acceptors (Lipinski definition) is 0. The van der Waals surface area contributed by atoms with Gasteiger partial charge in [0.05, 0.1) is 0 Å². The summed E-state index contributed by atoms with van der Waals surface area (Å²) in [7, 11) is 0. The van der Waals surface area contributed by atoms with Crippen LogP contribution in [0.2, 0.25) is 0 Å². The molecule has 0 amide bonds. The largest absolute Gasteiger partial charge is 0.115 e. The summed E-state index contributed by atoms with van der Waals surface area (Å²) < 4.78 is 3.47. The lowest BCUT2D eigenvalue weighted by atomic mass is 9.95. The summed E-state index contributed by atoms with van der Waals surface area (Å²) in [4.78, 5) is 0. The third kappa shape index (κ3) is 4.16. The number of halogens is 4. The molecule has 0 saturated carbocycles. The van der Waals surface area contributed by atoms with Gasteiger partial charge in [0.15, 0.2) is 0 Å². The van der Waals surface area contributed by atoms with Gasteiger partial charge in [0, 0.05) is 40.1 Å². The minimum absolute atomic E-state index is 0.661. The van der Waals surface area contributed by atoms with Gasteiger partial charge in [-0.05, 0) is 58.7 Å². The highest BCUT2D eigenvalue weighted by Crippen LogP contribution is 2.43. The van der Waals surface area contributed by atoms with Crippen LogP contribution in [0.25, 0.3) is 22.3 Å². The van der Waals surface area contributed by atoms with Crippen LogP contribution in [0.1, 0.15) is 22.3 Å². The lowest BCUT2D eigenvalue weighted by Crippen LogP contribution is -1.92. The average molecular weight is 642 g/mol. The van der Waals surface area contributed by atoms with Crippen molar-refractivity contribution in [3.05, 3.63) is 76.5 Å². The van der Waals surface area contributed by atoms with Gasteiger partial charge in [-0.2, -0.15) is 0 Å². The van der Waals surface area contributed by atoms with Gasteiger partial charge in [-0.3, -0.25) is 0 Å². The van der Waals surface area contributed by atoms with Crippen LogP contribution in [0.4, 0.5) is 0 Å². The zero-order chi connectivity index (χ0) is 22.0. The van der Waals surface area contributed by atoms with E-state index in [0.29, 0.717) is 22.3 Å². The van der Waals surface area contributed by atoms with Crippen molar-refractivity contribution >= 4 is 63.7 Å². The molecule has 0 aromatic heterocycles. The first kappa shape index (κ1) is 22.5. The maximum absolute atomic E-state index is 5.64. The van der Waals surface area contributed by atoms with Crippen molar-refractivity contribution < 1.29 is 0 Å². The molecule has 30 heavy (non-hydrogen) atoms. The van der Waals surface area contributed by atoms with Crippen molar-refractivity contribution in [1.82, 2.24) is 0 Å². The summed E-state index contributed by atoms with van der Waals surface area (Å²) in [6.07, 6.45) is 22.4. The highest BCUT2D eigenvalue weighted by atomic mass is 79.9. The molecule has 0 fully saturated rings. The van der Waals surface area contributed by atoms with Gasteiger partial charge >= 0.3 is 0 Å². The molecule has 0 saturated heterocycles. The number of rotatable bonds is 2. The number of terminal acetylenes is 4. The standard InChI is InChI=1S/C26H10Br4/c1-5-15-9-19(23(27)11-17(15)7-3)21-13-26(30)22(14-25(21)29)20-10-16(6-2)18(8-4)12-24(20)28/h1-4,9-14H. The molecule has 0 spiro atoms. The van der Waals surface area contributed by atoms with Crippen molar-refractivity contribution in [2.75, 3.05) is 0 Å². The summed E-state index contributed by atoms with van der Waals surface area (Å²) in [6, 6.07) is 11.6. The van der Waals surface area contributed by atoms with Gasteiger partial charge in [0.2, 0.25) is 0 Å². The Kier molecular flexibility index (Phi) is 6.98. The zero-order valence-corrected chi connectivity index (χ0v) is 21.6. The van der Waals surface area contributed by atoms with Crippen molar-refractivity contribution in [3.63, 3.8) is 0 Å². The molecule has 0 heterocycles. The number of benzene rings is 3. The quantitative estimate of drug-likeness (QED) is 0.249. The van der Waals surface area contributed by atoms with Crippen molar-refractivity contribution in [3.8, 4) is 71.6 Å². The molecule has 4 heteroatoms. The van der Waals surface area contributed by atoms with Crippen LogP contribution in [-0.4, -0.2) is 0 Å². The lowest BCUT2D eigenvalue weighted by molar-refractivity contribution is 1.47. The molecule has 0 aliphatic heterocycles. The van der Waals surface area contributed by atoms with Gasteiger partial charge in [-0.15, -0.1) is 25.7 Å². The second-order valence-electron chi connectivity index (χ2n) is 6.14. The fourth-order valence-electron chi connectivity index (χ4n) is 3.00. The van der Waals surface area contributed by atoms with Gasteiger partial charge in [-0.25, -0.2) is 0 Å². The topological polar surface area (TPSA) is 0 Å². The first-order valence-corrected chi connectivity index (χ1v) is 11.5. The molecule has 0 N–H and O–H groups in total. The van der Waals surface area contributed by atoms with Crippen LogP contribution >= 0.6 is 63.7 Å². The Morgan fingerprint density at radius 2 is 0.633 bits per heavy atom. The second-order valence-corrected chi connectivity index (χ2v) is 9.56. The molecule has 142 valence electrons. The molecule has 0 radical (unpaired) electrons. The minimum atomic E-state index is 0.661. The Labute approximate surface area is 210 Å². The van der Waals surface area contributed by atoms with Crippen molar-refractivity contribution in [2.45, 2.75) is 0 Å². The predicted molar refractivity (Wildman–Crippen MR) is 140 cm³/mol. The normalized spacial score (nSPS) is 9.87. The van der Waals surface area contributed by atoms with Crippen molar-refractivity contribution in [1.29, 1.82) is 0 Å². The maximum Gasteiger partial charge on any atom is 0.0410 e. The summed E-state index contributed by atoms with van der Waals surface area (Å²) in [5.41, 5.74) is 6.40. The molecule has 0 aliphatic rings. The second kappa shape index (κ2) is 9.31. The van der Waals surface area contributed by atoms with Crippen LogP contribution in [0.5, 0.6) is 0 Å². The Morgan fingerprint density at radius 1 is 0.400 bits per heavy atom. The van der Waals surface area contributed by atoms with E-state index in [-0.39, 0.29) is 0 Å². The van der Waals surface area contributed by atoms with Gasteiger partial charge in [0.25, 0.3) is 0 Å². The molecule has 3 rings (SSSR count). The summed E-state index contributed by atoms with van der Waals surface area (Å²) in [5.74, 6) is 10.5. The highest BCUT2D eigenvalue weighted by Gasteiger charge is 2.17. The van der Waals surface area contributed by atoms with E-state index in [2.05, 4.69) is 87.4 Å². The SMILES string of the molecule is C#Cc1cc(Br)c(-c2cc(Br)c(-c3cc(C#C)c(C#C)cc3Br)cc2Br)cc1C#C. The summed E-state index contributed by atoms with van der Waals surface area (Å²) in [5, 5.41) is 0. The van der Waals surface area contributed by atoms with E-state index < -0.39 is 0 Å². The van der Waals surface area contributed by atoms with E-state index in [0.717, 1.165) is 40.1 Å². The molecule has 0 aliphatic carbocycles. The Hall–Kier alpha value is -2.18. The van der Waals surface area contributed by atoms with Crippen LogP contribution in [0, 0.1) is 49.4 Å². The van der Waals surface area contributed by atoms with Crippen LogP contribution in [0.15, 0.2) is 54.3 Å². The van der Waals surface area contributed by atoms with Crippen LogP contribution < -0.4 is 0 Å². The van der Waals surface area contributed by atoms with E-state index in [1.165, 1.54) is 0 Å². The predicted octanol–water partition coefficient (Wildman–Crippen LogP) is 8.00. The van der Waals surface area contributed by atoms with Gasteiger partial charge in [-0.1, -0.05) is 87.4 Å². The zero-order valence-electron chi connectivity index (χ0n) is 15.3. The molecule has 3 aromatic carbocycles. The van der Waals surface area contributed by atoms with Gasteiger partial charge in [0.1, 0.15) is 0 Å². The molecular weight excluding hydrogens is 632 g/mol. The lowest BCUT2D eigenvalue weighted by Gasteiger charge is -2.15. The third-order valence-corrected chi connectivity index (χ3v) is 7.10. The Morgan fingerprint density at radius 3 is 0.933 bits per heavy atom. The smallest absolute Gasteiger partial charge is 0.0410 e. The van der Waals surface area contributed by atoms with Crippen molar-refractivity contribution in [2.24, 2.45) is 0 Å². The monoisotopic (exact) mass is 638 g/mol. The van der Waals surface area contributed by atoms with Gasteiger partial charge < -0.3 is 0 Å². The van der Waals surface area contributed by atoms with E-state index in [1.54, 1.807) is 0 Å². The third-order valence-electron chi connectivity index (χ3n) is 4.47. The first-order chi connectivity index (χ1) is 14.3. The summed E-state index contributed by atoms with van der Waals surface area (Å²) in [6.45, 7) is 0. The van der Waals surface area contributed by atoms with Crippen LogP contribution in [-0.2, 0) is 0 Å². The van der Waals surface area contributed by atoms with E-state index in [1.807, 2.05) is 36.4 Å². The molecule has 3 aromatic rings. The molecule has 0 atom stereocenters. The number of hydrogen-bond donors (Lipinski definition) is 0. The molecule has 0 nitrogen and oxygen atoms in total. The molecular formula is C26H10Br4. The minimum Gasteiger partial charge on any atom is -0.115 e. The van der Waals surface area contributed by atoms with E-state index in [9.17, 15) is 0 Å².